The summed E-state index contributed by atoms with van der Waals surface area (Å²) >= 11 is 0. The lowest BCUT2D eigenvalue weighted by Crippen LogP contribution is -2.39. The molecule has 0 spiro atoms. The zero-order valence-electron chi connectivity index (χ0n) is 19.3. The lowest BCUT2D eigenvalue weighted by molar-refractivity contribution is -0.0297. The molecule has 0 aliphatic carbocycles. The standard InChI is InChI=1S/C27H23F2N3O4/c1-35-22-8-2-19(3-9-22)4-13-26(33)20-5-10-23(11-6-20)36-16-27(34,15-32-18-30-17-31-32)24-12-7-21(28)14-25(24)29/h2-14,17-18,34H,15-16H2,1H3/t27-/m1/s1. The molecule has 0 saturated heterocycles. The number of allylic oxidation sites excluding steroid dienone is 1. The molecule has 3 aromatic carbocycles. The van der Waals surface area contributed by atoms with Crippen LogP contribution in [0.2, 0.25) is 0 Å². The maximum atomic E-state index is 14.5. The van der Waals surface area contributed by atoms with E-state index in [9.17, 15) is 18.7 Å². The zero-order chi connectivity index (χ0) is 25.5. The Labute approximate surface area is 206 Å². The normalized spacial score (nSPS) is 12.9. The van der Waals surface area contributed by atoms with Crippen LogP contribution in [-0.2, 0) is 12.1 Å². The van der Waals surface area contributed by atoms with Gasteiger partial charge in [-0.05, 0) is 54.1 Å². The molecule has 0 aliphatic heterocycles. The van der Waals surface area contributed by atoms with Gasteiger partial charge in [0.15, 0.2) is 5.78 Å². The zero-order valence-corrected chi connectivity index (χ0v) is 19.3. The van der Waals surface area contributed by atoms with Crippen molar-refractivity contribution in [3.8, 4) is 11.5 Å². The van der Waals surface area contributed by atoms with Crippen molar-refractivity contribution in [2.45, 2.75) is 12.1 Å². The third-order valence-corrected chi connectivity index (χ3v) is 5.48. The average Bonchev–Trinajstić information content (AvgIpc) is 3.39. The van der Waals surface area contributed by atoms with Crippen molar-refractivity contribution in [3.05, 3.63) is 114 Å². The first kappa shape index (κ1) is 24.7. The van der Waals surface area contributed by atoms with E-state index < -0.39 is 17.2 Å². The first-order valence-corrected chi connectivity index (χ1v) is 11.0. The van der Waals surface area contributed by atoms with Crippen molar-refractivity contribution in [2.24, 2.45) is 0 Å². The van der Waals surface area contributed by atoms with Crippen LogP contribution >= 0.6 is 0 Å². The fourth-order valence-electron chi connectivity index (χ4n) is 3.56. The summed E-state index contributed by atoms with van der Waals surface area (Å²) in [6.45, 7) is -0.539. The number of halogens is 2. The molecule has 0 aliphatic rings. The molecule has 1 aromatic heterocycles. The number of ketones is 1. The van der Waals surface area contributed by atoms with Crippen LogP contribution in [-0.4, -0.2) is 39.4 Å². The molecule has 4 rings (SSSR count). The molecule has 1 atom stereocenters. The van der Waals surface area contributed by atoms with Gasteiger partial charge in [-0.15, -0.1) is 0 Å². The highest BCUT2D eigenvalue weighted by molar-refractivity contribution is 6.06. The van der Waals surface area contributed by atoms with Gasteiger partial charge in [-0.3, -0.25) is 4.79 Å². The second-order valence-electron chi connectivity index (χ2n) is 8.03. The van der Waals surface area contributed by atoms with E-state index in [4.69, 9.17) is 9.47 Å². The SMILES string of the molecule is COc1ccc(C=CC(=O)c2ccc(OC[C@](O)(Cn3cncn3)c3ccc(F)cc3F)cc2)cc1. The summed E-state index contributed by atoms with van der Waals surface area (Å²) in [4.78, 5) is 16.3. The van der Waals surface area contributed by atoms with Gasteiger partial charge in [0, 0.05) is 17.2 Å². The van der Waals surface area contributed by atoms with Crippen LogP contribution in [0.3, 0.4) is 0 Å². The van der Waals surface area contributed by atoms with E-state index in [2.05, 4.69) is 10.1 Å². The van der Waals surface area contributed by atoms with Gasteiger partial charge in [-0.25, -0.2) is 18.4 Å². The fourth-order valence-corrected chi connectivity index (χ4v) is 3.56. The summed E-state index contributed by atoms with van der Waals surface area (Å²) in [5.41, 5.74) is -0.727. The number of aromatic nitrogens is 3. The maximum Gasteiger partial charge on any atom is 0.185 e. The van der Waals surface area contributed by atoms with Crippen LogP contribution in [0.25, 0.3) is 6.08 Å². The largest absolute Gasteiger partial charge is 0.497 e. The van der Waals surface area contributed by atoms with Gasteiger partial charge in [0.1, 0.15) is 48.0 Å². The molecular weight excluding hydrogens is 468 g/mol. The average molecular weight is 491 g/mol. The number of aliphatic hydroxyl groups is 1. The van der Waals surface area contributed by atoms with Gasteiger partial charge in [0.05, 0.1) is 13.7 Å². The first-order chi connectivity index (χ1) is 17.4. The number of hydrogen-bond acceptors (Lipinski definition) is 6. The van der Waals surface area contributed by atoms with Crippen LogP contribution in [0, 0.1) is 11.6 Å². The number of hydrogen-bond donors (Lipinski definition) is 1. The Morgan fingerprint density at radius 2 is 1.78 bits per heavy atom. The van der Waals surface area contributed by atoms with Crippen molar-refractivity contribution >= 4 is 11.9 Å². The van der Waals surface area contributed by atoms with Crippen molar-refractivity contribution in [3.63, 3.8) is 0 Å². The van der Waals surface area contributed by atoms with Crippen LogP contribution in [0.15, 0.2) is 85.5 Å². The van der Waals surface area contributed by atoms with E-state index in [0.29, 0.717) is 17.4 Å². The molecule has 9 heteroatoms. The van der Waals surface area contributed by atoms with Crippen LogP contribution in [0.1, 0.15) is 21.5 Å². The van der Waals surface area contributed by atoms with E-state index in [-0.39, 0.29) is 24.5 Å². The smallest absolute Gasteiger partial charge is 0.185 e. The third-order valence-electron chi connectivity index (χ3n) is 5.48. The molecule has 0 saturated carbocycles. The second-order valence-corrected chi connectivity index (χ2v) is 8.03. The molecule has 0 bridgehead atoms. The van der Waals surface area contributed by atoms with Crippen molar-refractivity contribution in [1.82, 2.24) is 14.8 Å². The van der Waals surface area contributed by atoms with Gasteiger partial charge < -0.3 is 14.6 Å². The molecule has 7 nitrogen and oxygen atoms in total. The minimum absolute atomic E-state index is 0.144. The highest BCUT2D eigenvalue weighted by Crippen LogP contribution is 2.28. The number of benzene rings is 3. The lowest BCUT2D eigenvalue weighted by Gasteiger charge is -2.29. The minimum atomic E-state index is -1.87. The van der Waals surface area contributed by atoms with Crippen LogP contribution in [0.5, 0.6) is 11.5 Å². The number of nitrogens with zero attached hydrogens (tertiary/aromatic N) is 3. The summed E-state index contributed by atoms with van der Waals surface area (Å²) in [5, 5.41) is 15.2. The van der Waals surface area contributed by atoms with Crippen LogP contribution in [0.4, 0.5) is 8.78 Å². The Morgan fingerprint density at radius 1 is 1.06 bits per heavy atom. The topological polar surface area (TPSA) is 86.5 Å². The van der Waals surface area contributed by atoms with Gasteiger partial charge in [0.2, 0.25) is 0 Å². The van der Waals surface area contributed by atoms with Gasteiger partial charge >= 0.3 is 0 Å². The summed E-state index contributed by atoms with van der Waals surface area (Å²) in [6.07, 6.45) is 5.81. The molecule has 0 radical (unpaired) electrons. The van der Waals surface area contributed by atoms with Gasteiger partial charge in [-0.2, -0.15) is 5.10 Å². The minimum Gasteiger partial charge on any atom is -0.497 e. The highest BCUT2D eigenvalue weighted by atomic mass is 19.1. The number of methoxy groups -OCH3 is 1. The molecule has 1 heterocycles. The molecule has 4 aromatic rings. The van der Waals surface area contributed by atoms with E-state index in [0.717, 1.165) is 17.4 Å². The Kier molecular flexibility index (Phi) is 7.50. The summed E-state index contributed by atoms with van der Waals surface area (Å²) in [5.74, 6) is -0.796. The predicted molar refractivity (Wildman–Crippen MR) is 129 cm³/mol. The second kappa shape index (κ2) is 10.9. The first-order valence-electron chi connectivity index (χ1n) is 11.0. The number of rotatable bonds is 10. The molecule has 1 N–H and O–H groups in total. The van der Waals surface area contributed by atoms with E-state index in [1.807, 2.05) is 12.1 Å². The third kappa shape index (κ3) is 6.00. The maximum absolute atomic E-state index is 14.5. The van der Waals surface area contributed by atoms with Gasteiger partial charge in [0.25, 0.3) is 0 Å². The van der Waals surface area contributed by atoms with E-state index >= 15 is 0 Å². The molecule has 0 unspecified atom stereocenters. The Bertz CT molecular complexity index is 1340. The van der Waals surface area contributed by atoms with Crippen molar-refractivity contribution in [2.75, 3.05) is 13.7 Å². The summed E-state index contributed by atoms with van der Waals surface area (Å²) in [6, 6.07) is 16.5. The predicted octanol–water partition coefficient (Wildman–Crippen LogP) is 4.43. The van der Waals surface area contributed by atoms with Crippen molar-refractivity contribution in [1.29, 1.82) is 0 Å². The molecule has 184 valence electrons. The van der Waals surface area contributed by atoms with E-state index in [1.165, 1.54) is 29.5 Å². The Morgan fingerprint density at radius 3 is 2.42 bits per heavy atom. The van der Waals surface area contributed by atoms with E-state index in [1.54, 1.807) is 49.6 Å². The number of carbonyl (C=O) groups excluding carboxylic acids is 1. The summed E-state index contributed by atoms with van der Waals surface area (Å²) in [7, 11) is 1.58. The van der Waals surface area contributed by atoms with Crippen LogP contribution < -0.4 is 9.47 Å². The highest BCUT2D eigenvalue weighted by Gasteiger charge is 2.34. The molecule has 0 fully saturated rings. The number of ether oxygens (including phenoxy) is 2. The fraction of sp³-hybridized carbons (Fsp3) is 0.148. The van der Waals surface area contributed by atoms with Gasteiger partial charge in [-0.1, -0.05) is 24.3 Å². The molecule has 0 amide bonds. The summed E-state index contributed by atoms with van der Waals surface area (Å²) < 4.78 is 40.1. The molecule has 36 heavy (non-hydrogen) atoms. The number of carbonyl (C=O) groups is 1. The Balaban J connectivity index is 1.45. The van der Waals surface area contributed by atoms with Crippen molar-refractivity contribution < 1.29 is 28.2 Å². The molecular formula is C27H23F2N3O4. The monoisotopic (exact) mass is 491 g/mol. The quantitative estimate of drug-likeness (QED) is 0.261. The Hall–Kier alpha value is -4.37. The lowest BCUT2D eigenvalue weighted by atomic mass is 9.94.